The van der Waals surface area contributed by atoms with Gasteiger partial charge in [0.25, 0.3) is 5.56 Å². The summed E-state index contributed by atoms with van der Waals surface area (Å²) in [5.74, 6) is 0.156. The summed E-state index contributed by atoms with van der Waals surface area (Å²) in [5, 5.41) is 10.5. The molecule has 1 aliphatic heterocycles. The number of hydrogen-bond donors (Lipinski definition) is 1. The number of aromatic nitrogens is 1. The van der Waals surface area contributed by atoms with E-state index < -0.39 is 0 Å². The highest BCUT2D eigenvalue weighted by molar-refractivity contribution is 9.10. The molecule has 1 atom stereocenters. The Hall–Kier alpha value is -2.93. The number of halogens is 2. The van der Waals surface area contributed by atoms with Crippen molar-refractivity contribution < 1.29 is 5.11 Å². The summed E-state index contributed by atoms with van der Waals surface area (Å²) in [7, 11) is 0. The number of aromatic hydroxyl groups is 1. The molecule has 2 heterocycles. The first-order valence-corrected chi connectivity index (χ1v) is 12.9. The van der Waals surface area contributed by atoms with Crippen molar-refractivity contribution in [1.82, 2.24) is 4.57 Å². The van der Waals surface area contributed by atoms with Crippen molar-refractivity contribution in [1.29, 1.82) is 0 Å². The fourth-order valence-corrected chi connectivity index (χ4v) is 6.40. The smallest absolute Gasteiger partial charge is 0.271 e. The number of benzene rings is 3. The molecule has 0 fully saturated rings. The molecule has 1 aromatic heterocycles. The van der Waals surface area contributed by atoms with Crippen LogP contribution in [-0.2, 0) is 6.42 Å². The normalized spacial score (nSPS) is 17.1. The largest absolute Gasteiger partial charge is 0.507 e. The highest BCUT2D eigenvalue weighted by Crippen LogP contribution is 2.42. The molecule has 4 nitrogen and oxygen atoms in total. The first-order valence-electron chi connectivity index (χ1n) is 10.9. The van der Waals surface area contributed by atoms with Crippen molar-refractivity contribution >= 4 is 50.6 Å². The van der Waals surface area contributed by atoms with Crippen molar-refractivity contribution in [2.24, 2.45) is 4.99 Å². The summed E-state index contributed by atoms with van der Waals surface area (Å²) in [6, 6.07) is 21.0. The number of phenols is 1. The summed E-state index contributed by atoms with van der Waals surface area (Å²) in [6.45, 7) is 0. The van der Waals surface area contributed by atoms with E-state index in [0.717, 1.165) is 40.8 Å². The molecule has 0 spiro atoms. The highest BCUT2D eigenvalue weighted by atomic mass is 79.9. The third-order valence-corrected chi connectivity index (χ3v) is 8.30. The van der Waals surface area contributed by atoms with Crippen molar-refractivity contribution in [3.05, 3.63) is 124 Å². The van der Waals surface area contributed by atoms with Gasteiger partial charge in [0.15, 0.2) is 4.80 Å². The highest BCUT2D eigenvalue weighted by Gasteiger charge is 2.33. The predicted molar refractivity (Wildman–Crippen MR) is 140 cm³/mol. The standard InChI is InChI=1S/C27H18BrClN2O2S/c28-20-13-15(9-12-22(20)32)14-23-26(33)31-25(18-7-3-4-8-21(18)29)19-11-10-16-5-1-2-6-17(16)24(19)30-27(31)34-23/h1-9,12-14,25,32H,10-11H2/b23-14+/t25-/m1/s1. The van der Waals surface area contributed by atoms with E-state index in [4.69, 9.17) is 16.6 Å². The van der Waals surface area contributed by atoms with Gasteiger partial charge in [0.1, 0.15) is 5.75 Å². The SMILES string of the molecule is O=c1/c(=C\c2ccc(O)c(Br)c2)sc2n1[C@H](c1ccccc1Cl)C1=C(N=2)c2ccccc2CC1. The fourth-order valence-electron chi connectivity index (χ4n) is 4.76. The Balaban J connectivity index is 1.64. The number of rotatable bonds is 2. The minimum Gasteiger partial charge on any atom is -0.507 e. The molecule has 2 aliphatic rings. The van der Waals surface area contributed by atoms with Gasteiger partial charge < -0.3 is 5.11 Å². The Labute approximate surface area is 212 Å². The predicted octanol–water partition coefficient (Wildman–Crippen LogP) is 5.44. The van der Waals surface area contributed by atoms with Gasteiger partial charge in [-0.3, -0.25) is 9.36 Å². The number of fused-ring (bicyclic) bond motifs is 3. The Bertz CT molecular complexity index is 1690. The summed E-state index contributed by atoms with van der Waals surface area (Å²) in [4.78, 5) is 19.4. The van der Waals surface area contributed by atoms with Crippen LogP contribution >= 0.6 is 38.9 Å². The van der Waals surface area contributed by atoms with Crippen molar-refractivity contribution in [2.75, 3.05) is 0 Å². The number of allylic oxidation sites excluding steroid dienone is 1. The van der Waals surface area contributed by atoms with Crippen LogP contribution in [0.1, 0.15) is 34.7 Å². The zero-order chi connectivity index (χ0) is 23.4. The molecule has 168 valence electrons. The number of thiazole rings is 1. The van der Waals surface area contributed by atoms with Gasteiger partial charge in [-0.05, 0) is 75.3 Å². The van der Waals surface area contributed by atoms with Crippen molar-refractivity contribution in [2.45, 2.75) is 18.9 Å². The Kier molecular flexibility index (Phi) is 5.32. The Morgan fingerprint density at radius 3 is 2.71 bits per heavy atom. The van der Waals surface area contributed by atoms with E-state index in [0.29, 0.717) is 18.8 Å². The molecule has 6 rings (SSSR count). The molecular formula is C27H18BrClN2O2S. The monoisotopic (exact) mass is 548 g/mol. The summed E-state index contributed by atoms with van der Waals surface area (Å²) < 4.78 is 2.96. The maximum atomic E-state index is 13.7. The van der Waals surface area contributed by atoms with Crippen LogP contribution in [0.3, 0.4) is 0 Å². The Morgan fingerprint density at radius 1 is 1.09 bits per heavy atom. The minimum atomic E-state index is -0.304. The molecule has 7 heteroatoms. The maximum absolute atomic E-state index is 13.7. The lowest BCUT2D eigenvalue weighted by Crippen LogP contribution is -2.38. The van der Waals surface area contributed by atoms with E-state index in [1.165, 1.54) is 16.9 Å². The van der Waals surface area contributed by atoms with Crippen molar-refractivity contribution in [3.8, 4) is 5.75 Å². The molecule has 0 saturated carbocycles. The maximum Gasteiger partial charge on any atom is 0.271 e. The van der Waals surface area contributed by atoms with Crippen LogP contribution < -0.4 is 14.9 Å². The van der Waals surface area contributed by atoms with E-state index >= 15 is 0 Å². The molecular weight excluding hydrogens is 532 g/mol. The lowest BCUT2D eigenvalue weighted by Gasteiger charge is -2.31. The second-order valence-electron chi connectivity index (χ2n) is 8.35. The van der Waals surface area contributed by atoms with E-state index in [1.807, 2.05) is 36.4 Å². The summed E-state index contributed by atoms with van der Waals surface area (Å²) >= 11 is 11.4. The van der Waals surface area contributed by atoms with Gasteiger partial charge in [0.05, 0.1) is 20.7 Å². The molecule has 0 amide bonds. The van der Waals surface area contributed by atoms with Crippen LogP contribution in [-0.4, -0.2) is 9.67 Å². The van der Waals surface area contributed by atoms with E-state index in [9.17, 15) is 9.90 Å². The van der Waals surface area contributed by atoms with E-state index in [2.05, 4.69) is 34.1 Å². The van der Waals surface area contributed by atoms with Crippen LogP contribution in [0.5, 0.6) is 5.75 Å². The molecule has 0 radical (unpaired) electrons. The zero-order valence-corrected chi connectivity index (χ0v) is 21.0. The average molecular weight is 550 g/mol. The molecule has 1 aliphatic carbocycles. The van der Waals surface area contributed by atoms with Gasteiger partial charge in [-0.2, -0.15) is 0 Å². The quantitative estimate of drug-likeness (QED) is 0.362. The third kappa shape index (κ3) is 3.49. The fraction of sp³-hybridized carbons (Fsp3) is 0.111. The van der Waals surface area contributed by atoms with Gasteiger partial charge in [0, 0.05) is 10.6 Å². The van der Waals surface area contributed by atoms with E-state index in [1.54, 1.807) is 22.8 Å². The van der Waals surface area contributed by atoms with Gasteiger partial charge in [0.2, 0.25) is 0 Å². The molecule has 0 saturated heterocycles. The molecule has 4 aromatic rings. The van der Waals surface area contributed by atoms with Crippen LogP contribution in [0.2, 0.25) is 5.02 Å². The first kappa shape index (κ1) is 21.6. The van der Waals surface area contributed by atoms with E-state index in [-0.39, 0.29) is 17.4 Å². The van der Waals surface area contributed by atoms with Gasteiger partial charge in [-0.1, -0.05) is 71.5 Å². The second-order valence-corrected chi connectivity index (χ2v) is 10.6. The lowest BCUT2D eigenvalue weighted by molar-refractivity contribution is 0.472. The topological polar surface area (TPSA) is 54.6 Å². The van der Waals surface area contributed by atoms with Crippen LogP contribution in [0.4, 0.5) is 0 Å². The molecule has 0 unspecified atom stereocenters. The van der Waals surface area contributed by atoms with Crippen LogP contribution in [0, 0.1) is 0 Å². The second kappa shape index (κ2) is 8.38. The lowest BCUT2D eigenvalue weighted by atomic mass is 9.83. The third-order valence-electron chi connectivity index (χ3n) is 6.34. The Morgan fingerprint density at radius 2 is 1.88 bits per heavy atom. The average Bonchev–Trinajstić information content (AvgIpc) is 3.15. The van der Waals surface area contributed by atoms with Gasteiger partial charge in [-0.25, -0.2) is 4.99 Å². The minimum absolute atomic E-state index is 0.0942. The zero-order valence-electron chi connectivity index (χ0n) is 17.8. The van der Waals surface area contributed by atoms with Gasteiger partial charge in [-0.15, -0.1) is 0 Å². The molecule has 34 heavy (non-hydrogen) atoms. The number of phenolic OH excluding ortho intramolecular Hbond substituents is 1. The van der Waals surface area contributed by atoms with Crippen LogP contribution in [0.25, 0.3) is 11.8 Å². The summed E-state index contributed by atoms with van der Waals surface area (Å²) in [5.41, 5.74) is 6.11. The summed E-state index contributed by atoms with van der Waals surface area (Å²) in [6.07, 6.45) is 3.56. The number of hydrogen-bond acceptors (Lipinski definition) is 4. The molecule has 1 N–H and O–H groups in total. The number of aryl methyl sites for hydroxylation is 1. The number of nitrogens with zero attached hydrogens (tertiary/aromatic N) is 2. The molecule has 3 aromatic carbocycles. The van der Waals surface area contributed by atoms with Crippen LogP contribution in [0.15, 0.2) is 86.6 Å². The molecule has 0 bridgehead atoms. The first-order chi connectivity index (χ1) is 16.5. The van der Waals surface area contributed by atoms with Gasteiger partial charge >= 0.3 is 0 Å². The van der Waals surface area contributed by atoms with Crippen molar-refractivity contribution in [3.63, 3.8) is 0 Å².